The molecule has 4 rings (SSSR count). The first-order chi connectivity index (χ1) is 17.4. The maximum atomic E-state index is 13.6. The third kappa shape index (κ3) is 5.75. The monoisotopic (exact) mass is 585 g/mol. The van der Waals surface area contributed by atoms with Crippen molar-refractivity contribution in [2.75, 3.05) is 26.8 Å². The van der Waals surface area contributed by atoms with E-state index >= 15 is 0 Å². The number of carbonyl (C=O) groups excluding carboxylic acids is 2. The fourth-order valence-corrected chi connectivity index (χ4v) is 5.11. The molecule has 2 N–H and O–H groups in total. The number of amides is 1. The number of nitrogens with zero attached hydrogens (tertiary/aromatic N) is 1. The Labute approximate surface area is 236 Å². The minimum Gasteiger partial charge on any atom is -0.494 e. The van der Waals surface area contributed by atoms with Crippen LogP contribution < -0.4 is 14.8 Å². The molecule has 0 saturated carbocycles. The molecule has 0 aromatic heterocycles. The molecule has 0 fully saturated rings. The Hall–Kier alpha value is -2.87. The highest BCUT2D eigenvalue weighted by Crippen LogP contribution is 2.45. The summed E-state index contributed by atoms with van der Waals surface area (Å²) in [5.74, 6) is 1.71. The molecule has 0 unspecified atom stereocenters. The molecule has 2 aromatic rings. The molecule has 0 radical (unpaired) electrons. The molecule has 8 heteroatoms. The van der Waals surface area contributed by atoms with E-state index < -0.39 is 0 Å². The van der Waals surface area contributed by atoms with Gasteiger partial charge in [-0.1, -0.05) is 34.6 Å². The number of benzene rings is 2. The minimum absolute atomic E-state index is 0. The van der Waals surface area contributed by atoms with Gasteiger partial charge >= 0.3 is 0 Å². The molecular formula is C30H40BrN3O4. The van der Waals surface area contributed by atoms with E-state index in [2.05, 4.69) is 39.9 Å². The largest absolute Gasteiger partial charge is 0.494 e. The lowest BCUT2D eigenvalue weighted by Gasteiger charge is -2.36. The first kappa shape index (κ1) is 29.7. The van der Waals surface area contributed by atoms with Crippen LogP contribution in [0.4, 0.5) is 0 Å². The van der Waals surface area contributed by atoms with Gasteiger partial charge < -0.3 is 19.7 Å². The summed E-state index contributed by atoms with van der Waals surface area (Å²) in [7, 11) is 1.60. The van der Waals surface area contributed by atoms with Crippen LogP contribution in [0, 0.1) is 5.41 Å². The molecule has 2 aromatic carbocycles. The molecule has 0 saturated heterocycles. The van der Waals surface area contributed by atoms with Crippen molar-refractivity contribution in [3.05, 3.63) is 57.6 Å². The van der Waals surface area contributed by atoms with Crippen LogP contribution in [0.5, 0.6) is 11.5 Å². The number of Topliss-reactive ketones (excluding diaryl/α,β-unsaturated/α-hetero) is 1. The zero-order chi connectivity index (χ0) is 27.1. The van der Waals surface area contributed by atoms with Crippen LogP contribution in [0.3, 0.4) is 0 Å². The van der Waals surface area contributed by atoms with Crippen molar-refractivity contribution in [2.45, 2.75) is 71.8 Å². The van der Waals surface area contributed by atoms with Gasteiger partial charge in [0.25, 0.3) is 0 Å². The van der Waals surface area contributed by atoms with Crippen LogP contribution in [0.2, 0.25) is 0 Å². The van der Waals surface area contributed by atoms with Crippen LogP contribution in [0.25, 0.3) is 0 Å². The number of rotatable bonds is 7. The topological polar surface area (TPSA) is 91.7 Å². The Morgan fingerprint density at radius 1 is 1.18 bits per heavy atom. The number of fused-ring (bicyclic) bond motifs is 2. The van der Waals surface area contributed by atoms with E-state index in [1.165, 1.54) is 0 Å². The lowest BCUT2D eigenvalue weighted by atomic mass is 9.74. The zero-order valence-electron chi connectivity index (χ0n) is 23.5. The van der Waals surface area contributed by atoms with Gasteiger partial charge in [-0.25, -0.2) is 0 Å². The lowest BCUT2D eigenvalue weighted by molar-refractivity contribution is -0.119. The zero-order valence-corrected chi connectivity index (χ0v) is 25.3. The fourth-order valence-electron chi connectivity index (χ4n) is 5.11. The second-order valence-corrected chi connectivity index (χ2v) is 11.7. The number of carbonyl (C=O) groups is 2. The van der Waals surface area contributed by atoms with Gasteiger partial charge in [-0.15, -0.1) is 17.0 Å². The summed E-state index contributed by atoms with van der Waals surface area (Å²) in [4.78, 5) is 27.5. The van der Waals surface area contributed by atoms with E-state index in [1.807, 2.05) is 31.2 Å². The van der Waals surface area contributed by atoms with Crippen molar-refractivity contribution in [3.63, 3.8) is 0 Å². The van der Waals surface area contributed by atoms with Gasteiger partial charge in [-0.05, 0) is 54.0 Å². The van der Waals surface area contributed by atoms with Gasteiger partial charge in [-0.2, -0.15) is 0 Å². The molecule has 2 aliphatic rings. The maximum absolute atomic E-state index is 13.6. The van der Waals surface area contributed by atoms with Gasteiger partial charge in [0.05, 0.1) is 26.2 Å². The highest BCUT2D eigenvalue weighted by atomic mass is 79.9. The molecule has 0 atom stereocenters. The normalized spacial score (nSPS) is 15.7. The maximum Gasteiger partial charge on any atom is 0.224 e. The van der Waals surface area contributed by atoms with E-state index in [0.717, 1.165) is 40.0 Å². The van der Waals surface area contributed by atoms with Gasteiger partial charge in [0, 0.05) is 41.4 Å². The first-order valence-corrected chi connectivity index (χ1v) is 13.0. The van der Waals surface area contributed by atoms with Crippen molar-refractivity contribution >= 4 is 34.5 Å². The van der Waals surface area contributed by atoms with Crippen LogP contribution >= 0.6 is 17.0 Å². The van der Waals surface area contributed by atoms with Crippen LogP contribution in [-0.4, -0.2) is 49.2 Å². The van der Waals surface area contributed by atoms with Crippen molar-refractivity contribution < 1.29 is 19.1 Å². The molecule has 0 aliphatic carbocycles. The quantitative estimate of drug-likeness (QED) is 0.428. The van der Waals surface area contributed by atoms with Gasteiger partial charge in [-0.3, -0.25) is 15.0 Å². The number of nitrogens with one attached hydrogen (secondary N) is 2. The van der Waals surface area contributed by atoms with Gasteiger partial charge in [0.2, 0.25) is 5.91 Å². The molecule has 2 aliphatic heterocycles. The summed E-state index contributed by atoms with van der Waals surface area (Å²) >= 11 is 0. The second-order valence-electron chi connectivity index (χ2n) is 11.7. The summed E-state index contributed by atoms with van der Waals surface area (Å²) in [6.07, 6.45) is 1.07. The molecule has 1 amide bonds. The second kappa shape index (κ2) is 11.1. The predicted molar refractivity (Wildman–Crippen MR) is 156 cm³/mol. The number of halogens is 1. The van der Waals surface area contributed by atoms with Crippen molar-refractivity contribution in [1.29, 1.82) is 5.41 Å². The Morgan fingerprint density at radius 3 is 2.53 bits per heavy atom. The van der Waals surface area contributed by atoms with Crippen molar-refractivity contribution in [3.8, 4) is 11.5 Å². The SMILES string of the molecule is Br.CCOc1cc2c(cc1CC(=O)NC)C(=N)N(CC(=O)c1cc(C(C)(C)C)c3c(c1)C(C)(C)CCO3)C2. The molecule has 2 heterocycles. The van der Waals surface area contributed by atoms with E-state index in [-0.39, 0.29) is 52.5 Å². The Bertz CT molecular complexity index is 1250. The lowest BCUT2D eigenvalue weighted by Crippen LogP contribution is -2.32. The van der Waals surface area contributed by atoms with Crippen molar-refractivity contribution in [2.24, 2.45) is 0 Å². The van der Waals surface area contributed by atoms with E-state index in [9.17, 15) is 9.59 Å². The van der Waals surface area contributed by atoms with Gasteiger partial charge in [0.1, 0.15) is 17.3 Å². The number of hydrogen-bond acceptors (Lipinski definition) is 5. The Morgan fingerprint density at radius 2 is 1.89 bits per heavy atom. The number of hydrogen-bond donors (Lipinski definition) is 2. The number of amidine groups is 1. The van der Waals surface area contributed by atoms with E-state index in [0.29, 0.717) is 36.9 Å². The minimum atomic E-state index is -0.179. The van der Waals surface area contributed by atoms with Crippen LogP contribution in [0.15, 0.2) is 24.3 Å². The fraction of sp³-hybridized carbons (Fsp3) is 0.500. The molecule has 0 bridgehead atoms. The number of ketones is 1. The summed E-state index contributed by atoms with van der Waals surface area (Å²) < 4.78 is 11.9. The highest BCUT2D eigenvalue weighted by molar-refractivity contribution is 8.93. The third-order valence-electron chi connectivity index (χ3n) is 7.40. The standard InChI is InChI=1S/C30H39N3O4.BrH/c1-8-36-25-14-20-16-33(28(31)21(20)11-19(25)15-26(35)32-7)17-24(34)18-12-22(29(2,3)4)27-23(13-18)30(5,6)9-10-37-27;/h11-14,31H,8-10,15-17H2,1-7H3,(H,32,35);1H. The van der Waals surface area contributed by atoms with E-state index in [1.54, 1.807) is 11.9 Å². The molecule has 7 nitrogen and oxygen atoms in total. The first-order valence-electron chi connectivity index (χ1n) is 13.0. The molecule has 206 valence electrons. The van der Waals surface area contributed by atoms with Crippen LogP contribution in [0.1, 0.15) is 86.1 Å². The highest BCUT2D eigenvalue weighted by Gasteiger charge is 2.35. The van der Waals surface area contributed by atoms with Gasteiger partial charge in [0.15, 0.2) is 5.78 Å². The average Bonchev–Trinajstić information content (AvgIpc) is 3.12. The number of likely N-dealkylation sites (N-methyl/N-ethyl adjacent to an activating group) is 1. The van der Waals surface area contributed by atoms with E-state index in [4.69, 9.17) is 14.9 Å². The number of ether oxygens (including phenoxy) is 2. The smallest absolute Gasteiger partial charge is 0.224 e. The summed E-state index contributed by atoms with van der Waals surface area (Å²) in [6.45, 7) is 14.4. The molecule has 38 heavy (non-hydrogen) atoms. The summed E-state index contributed by atoms with van der Waals surface area (Å²) in [5.41, 5.74) is 4.92. The predicted octanol–water partition coefficient (Wildman–Crippen LogP) is 5.33. The molecular weight excluding hydrogens is 546 g/mol. The van der Waals surface area contributed by atoms with Crippen molar-refractivity contribution in [1.82, 2.24) is 10.2 Å². The molecule has 0 spiro atoms. The average molecular weight is 587 g/mol. The van der Waals surface area contributed by atoms with Crippen LogP contribution in [-0.2, 0) is 28.6 Å². The Kier molecular flexibility index (Phi) is 8.66. The summed E-state index contributed by atoms with van der Waals surface area (Å²) in [5, 5.41) is 11.5. The summed E-state index contributed by atoms with van der Waals surface area (Å²) in [6, 6.07) is 7.74. The third-order valence-corrected chi connectivity index (χ3v) is 7.40. The Balaban J connectivity index is 0.00000400.